The van der Waals surface area contributed by atoms with Crippen LogP contribution in [0.3, 0.4) is 0 Å². The second kappa shape index (κ2) is 11.0. The van der Waals surface area contributed by atoms with Gasteiger partial charge in [0.05, 0.1) is 24.6 Å². The first kappa shape index (κ1) is 26.6. The Morgan fingerprint density at radius 2 is 1.77 bits per heavy atom. The normalized spacial score (nSPS) is 17.5. The number of fused-ring (bicyclic) bond motifs is 1. The van der Waals surface area contributed by atoms with Crippen LogP contribution in [0.1, 0.15) is 59.6 Å². The molecule has 0 bridgehead atoms. The van der Waals surface area contributed by atoms with E-state index in [1.807, 2.05) is 0 Å². The molecule has 2 aromatic carbocycles. The number of amides is 3. The lowest BCUT2D eigenvalue weighted by Gasteiger charge is -2.34. The van der Waals surface area contributed by atoms with Gasteiger partial charge in [-0.15, -0.1) is 0 Å². The average molecular weight is 554 g/mol. The van der Waals surface area contributed by atoms with Crippen LogP contribution >= 0.6 is 0 Å². The summed E-state index contributed by atoms with van der Waals surface area (Å²) in [7, 11) is -4.26. The molecule has 0 spiro atoms. The van der Waals surface area contributed by atoms with E-state index in [0.29, 0.717) is 15.4 Å². The summed E-state index contributed by atoms with van der Waals surface area (Å²) in [5, 5.41) is 3.03. The van der Waals surface area contributed by atoms with E-state index in [1.54, 1.807) is 12.1 Å². The monoisotopic (exact) mass is 553 g/mol. The van der Waals surface area contributed by atoms with Crippen molar-refractivity contribution in [2.75, 3.05) is 6.54 Å². The molecule has 2 aliphatic rings. The summed E-state index contributed by atoms with van der Waals surface area (Å²) in [5.74, 6) is -2.56. The second-order valence-corrected chi connectivity index (χ2v) is 11.6. The summed E-state index contributed by atoms with van der Waals surface area (Å²) in [6.45, 7) is -0.910. The van der Waals surface area contributed by atoms with Crippen LogP contribution in [0, 0.1) is 5.82 Å². The van der Waals surface area contributed by atoms with Crippen molar-refractivity contribution >= 4 is 27.7 Å². The molecule has 1 aliphatic heterocycles. The standard InChI is InChI=1S/C28H28FN3O6S/c29-21-12-10-20(11-13-21)26(27(34)30-22-6-2-1-3-7-22)31(16-19-14-15-38-18-19)25(33)17-32-28(35)23-8-4-5-9-24(23)39(32,36)37/h4-5,8-15,18,22,26H,1-3,6-7,16-17H2,(H,30,34). The number of furan rings is 1. The Kier molecular flexibility index (Phi) is 7.51. The number of carbonyl (C=O) groups excluding carboxylic acids is 3. The number of rotatable bonds is 8. The molecule has 3 amide bonds. The molecule has 0 saturated heterocycles. The number of nitrogens with one attached hydrogen (secondary N) is 1. The molecule has 3 aromatic rings. The number of benzene rings is 2. The number of sulfonamides is 1. The van der Waals surface area contributed by atoms with Crippen molar-refractivity contribution in [3.05, 3.63) is 89.6 Å². The first-order chi connectivity index (χ1) is 18.8. The predicted molar refractivity (Wildman–Crippen MR) is 138 cm³/mol. The van der Waals surface area contributed by atoms with E-state index in [1.165, 1.54) is 59.9 Å². The molecule has 1 fully saturated rings. The summed E-state index contributed by atoms with van der Waals surface area (Å²) in [5.41, 5.74) is 0.886. The van der Waals surface area contributed by atoms with Crippen molar-refractivity contribution in [1.82, 2.24) is 14.5 Å². The highest BCUT2D eigenvalue weighted by Crippen LogP contribution is 2.31. The molecule has 5 rings (SSSR count). The molecule has 0 radical (unpaired) electrons. The SMILES string of the molecule is O=C(NC1CCCCC1)C(c1ccc(F)cc1)N(Cc1ccoc1)C(=O)CN1C(=O)c2ccccc2S1(=O)=O. The minimum atomic E-state index is -4.26. The predicted octanol–water partition coefficient (Wildman–Crippen LogP) is 3.78. The molecular formula is C28H28FN3O6S. The van der Waals surface area contributed by atoms with E-state index >= 15 is 0 Å². The minimum absolute atomic E-state index is 0.0168. The van der Waals surface area contributed by atoms with Crippen LogP contribution in [0.4, 0.5) is 4.39 Å². The highest BCUT2D eigenvalue weighted by molar-refractivity contribution is 7.90. The van der Waals surface area contributed by atoms with Gasteiger partial charge in [-0.05, 0) is 48.7 Å². The molecule has 204 valence electrons. The molecule has 39 heavy (non-hydrogen) atoms. The fourth-order valence-corrected chi connectivity index (χ4v) is 6.67. The maximum absolute atomic E-state index is 13.9. The van der Waals surface area contributed by atoms with Gasteiger partial charge in [-0.25, -0.2) is 17.1 Å². The van der Waals surface area contributed by atoms with Gasteiger partial charge in [-0.1, -0.05) is 43.5 Å². The third-order valence-corrected chi connectivity index (χ3v) is 8.93. The highest BCUT2D eigenvalue weighted by atomic mass is 32.2. The lowest BCUT2D eigenvalue weighted by atomic mass is 9.94. The van der Waals surface area contributed by atoms with Crippen molar-refractivity contribution in [2.45, 2.75) is 55.6 Å². The lowest BCUT2D eigenvalue weighted by Crippen LogP contribution is -2.49. The van der Waals surface area contributed by atoms with Crippen LogP contribution in [0.5, 0.6) is 0 Å². The molecule has 1 atom stereocenters. The van der Waals surface area contributed by atoms with E-state index < -0.39 is 46.1 Å². The first-order valence-corrected chi connectivity index (χ1v) is 14.2. The topological polar surface area (TPSA) is 117 Å². The summed E-state index contributed by atoms with van der Waals surface area (Å²) >= 11 is 0. The number of hydrogen-bond donors (Lipinski definition) is 1. The fraction of sp³-hybridized carbons (Fsp3) is 0.321. The highest BCUT2D eigenvalue weighted by Gasteiger charge is 2.43. The van der Waals surface area contributed by atoms with Gasteiger partial charge in [0.1, 0.15) is 23.3 Å². The van der Waals surface area contributed by atoms with E-state index in [4.69, 9.17) is 4.42 Å². The number of hydrogen-bond acceptors (Lipinski definition) is 6. The Bertz CT molecular complexity index is 1470. The zero-order chi connectivity index (χ0) is 27.6. The number of halogens is 1. The van der Waals surface area contributed by atoms with Gasteiger partial charge in [0, 0.05) is 11.6 Å². The average Bonchev–Trinajstić information content (AvgIpc) is 3.51. The van der Waals surface area contributed by atoms with Crippen molar-refractivity contribution in [2.24, 2.45) is 0 Å². The van der Waals surface area contributed by atoms with Crippen LogP contribution in [0.25, 0.3) is 0 Å². The van der Waals surface area contributed by atoms with Gasteiger partial charge < -0.3 is 14.6 Å². The molecule has 1 aliphatic carbocycles. The van der Waals surface area contributed by atoms with Gasteiger partial charge in [0.15, 0.2) is 0 Å². The molecule has 1 N–H and O–H groups in total. The lowest BCUT2D eigenvalue weighted by molar-refractivity contribution is -0.141. The van der Waals surface area contributed by atoms with Gasteiger partial charge >= 0.3 is 0 Å². The first-order valence-electron chi connectivity index (χ1n) is 12.8. The van der Waals surface area contributed by atoms with Crippen LogP contribution in [-0.2, 0) is 26.2 Å². The molecule has 11 heteroatoms. The molecule has 2 heterocycles. The zero-order valence-electron chi connectivity index (χ0n) is 21.1. The molecule has 1 unspecified atom stereocenters. The van der Waals surface area contributed by atoms with Crippen molar-refractivity contribution in [3.63, 3.8) is 0 Å². The zero-order valence-corrected chi connectivity index (χ0v) is 21.9. The van der Waals surface area contributed by atoms with Crippen LogP contribution in [0.2, 0.25) is 0 Å². The molecule has 1 aromatic heterocycles. The minimum Gasteiger partial charge on any atom is -0.472 e. The molecule has 1 saturated carbocycles. The van der Waals surface area contributed by atoms with Gasteiger partial charge in [0.2, 0.25) is 11.8 Å². The Morgan fingerprint density at radius 1 is 1.05 bits per heavy atom. The maximum atomic E-state index is 13.9. The van der Waals surface area contributed by atoms with Crippen LogP contribution < -0.4 is 5.32 Å². The molecular weight excluding hydrogens is 525 g/mol. The van der Waals surface area contributed by atoms with Crippen molar-refractivity contribution < 1.29 is 31.6 Å². The van der Waals surface area contributed by atoms with Gasteiger partial charge in [0.25, 0.3) is 15.9 Å². The third kappa shape index (κ3) is 5.44. The summed E-state index contributed by atoms with van der Waals surface area (Å²) in [6, 6.07) is 11.3. The Balaban J connectivity index is 1.50. The van der Waals surface area contributed by atoms with Crippen LogP contribution in [0.15, 0.2) is 76.4 Å². The summed E-state index contributed by atoms with van der Waals surface area (Å²) in [6.07, 6.45) is 7.46. The smallest absolute Gasteiger partial charge is 0.269 e. The second-order valence-electron chi connectivity index (χ2n) is 9.76. The largest absolute Gasteiger partial charge is 0.472 e. The third-order valence-electron chi connectivity index (χ3n) is 7.14. The summed E-state index contributed by atoms with van der Waals surface area (Å²) in [4.78, 5) is 41.7. The van der Waals surface area contributed by atoms with E-state index in [9.17, 15) is 27.2 Å². The van der Waals surface area contributed by atoms with E-state index in [2.05, 4.69) is 5.32 Å². The van der Waals surface area contributed by atoms with Crippen molar-refractivity contribution in [1.29, 1.82) is 0 Å². The Hall–Kier alpha value is -3.99. The van der Waals surface area contributed by atoms with E-state index in [0.717, 1.165) is 32.1 Å². The quantitative estimate of drug-likeness (QED) is 0.454. The number of nitrogens with zero attached hydrogens (tertiary/aromatic N) is 2. The fourth-order valence-electron chi connectivity index (χ4n) is 5.15. The van der Waals surface area contributed by atoms with Crippen LogP contribution in [-0.4, -0.2) is 47.9 Å². The van der Waals surface area contributed by atoms with Gasteiger partial charge in [-0.2, -0.15) is 0 Å². The van der Waals surface area contributed by atoms with Crippen molar-refractivity contribution in [3.8, 4) is 0 Å². The molecule has 9 nitrogen and oxygen atoms in total. The Morgan fingerprint density at radius 3 is 2.44 bits per heavy atom. The maximum Gasteiger partial charge on any atom is 0.269 e. The van der Waals surface area contributed by atoms with E-state index in [-0.39, 0.29) is 23.0 Å². The Labute approximate surface area is 225 Å². The van der Waals surface area contributed by atoms with Gasteiger partial charge in [-0.3, -0.25) is 14.4 Å². The number of carbonyl (C=O) groups is 3. The summed E-state index contributed by atoms with van der Waals surface area (Å²) < 4.78 is 45.8.